The Bertz CT molecular complexity index is 642. The van der Waals surface area contributed by atoms with E-state index in [1.54, 1.807) is 29.2 Å². The summed E-state index contributed by atoms with van der Waals surface area (Å²) >= 11 is 0. The highest BCUT2D eigenvalue weighted by Gasteiger charge is 2.52. The number of carbonyl (C=O) groups is 3. The van der Waals surface area contributed by atoms with Gasteiger partial charge in [-0.1, -0.05) is 12.1 Å². The molecule has 110 valence electrons. The van der Waals surface area contributed by atoms with E-state index in [1.165, 1.54) is 4.90 Å². The first-order valence-electron chi connectivity index (χ1n) is 6.91. The molecular weight excluding hydrogens is 272 g/mol. The van der Waals surface area contributed by atoms with Crippen LogP contribution in [0, 0.1) is 0 Å². The number of amides is 2. The highest BCUT2D eigenvalue weighted by atomic mass is 16.4. The van der Waals surface area contributed by atoms with E-state index in [9.17, 15) is 14.4 Å². The summed E-state index contributed by atoms with van der Waals surface area (Å²) < 4.78 is 0. The summed E-state index contributed by atoms with van der Waals surface area (Å²) in [6.45, 7) is 1.93. The van der Waals surface area contributed by atoms with Crippen molar-refractivity contribution in [2.24, 2.45) is 0 Å². The first-order valence-corrected chi connectivity index (χ1v) is 6.91. The molecule has 2 aliphatic rings. The molecule has 21 heavy (non-hydrogen) atoms. The largest absolute Gasteiger partial charge is 0.481 e. The van der Waals surface area contributed by atoms with Gasteiger partial charge >= 0.3 is 5.97 Å². The van der Waals surface area contributed by atoms with E-state index in [0.717, 1.165) is 0 Å². The summed E-state index contributed by atoms with van der Waals surface area (Å²) in [5, 5.41) is 8.88. The van der Waals surface area contributed by atoms with Crippen LogP contribution in [0.3, 0.4) is 0 Å². The first kappa shape index (κ1) is 13.6. The molecule has 2 amide bonds. The van der Waals surface area contributed by atoms with Crippen molar-refractivity contribution in [2.75, 3.05) is 11.4 Å². The van der Waals surface area contributed by atoms with Crippen molar-refractivity contribution in [3.8, 4) is 0 Å². The Labute approximate surface area is 122 Å². The Hall–Kier alpha value is -2.37. The zero-order valence-corrected chi connectivity index (χ0v) is 11.7. The molecule has 3 rings (SSSR count). The van der Waals surface area contributed by atoms with Crippen LogP contribution in [-0.2, 0) is 9.59 Å². The topological polar surface area (TPSA) is 77.9 Å². The summed E-state index contributed by atoms with van der Waals surface area (Å²) in [6, 6.07) is 6.99. The number of para-hydroxylation sites is 1. The maximum absolute atomic E-state index is 12.7. The van der Waals surface area contributed by atoms with Gasteiger partial charge in [-0.25, -0.2) is 0 Å². The van der Waals surface area contributed by atoms with Crippen molar-refractivity contribution < 1.29 is 19.5 Å². The molecule has 0 saturated carbocycles. The number of benzene rings is 1. The molecule has 6 nitrogen and oxygen atoms in total. The third kappa shape index (κ3) is 1.90. The van der Waals surface area contributed by atoms with Crippen LogP contribution in [0.4, 0.5) is 5.69 Å². The van der Waals surface area contributed by atoms with Gasteiger partial charge in [-0.05, 0) is 25.5 Å². The van der Waals surface area contributed by atoms with Crippen LogP contribution in [0.1, 0.15) is 36.5 Å². The minimum Gasteiger partial charge on any atom is -0.481 e. The molecule has 0 radical (unpaired) electrons. The molecule has 1 aromatic rings. The predicted molar refractivity (Wildman–Crippen MR) is 74.9 cm³/mol. The summed E-state index contributed by atoms with van der Waals surface area (Å²) in [5.74, 6) is -1.20. The maximum atomic E-state index is 12.7. The zero-order chi connectivity index (χ0) is 15.2. The SMILES string of the molecule is CC12CCC(=O)N1c1ccccc1C(=O)N2CCC(=O)O. The van der Waals surface area contributed by atoms with E-state index < -0.39 is 11.6 Å². The normalized spacial score (nSPS) is 24.0. The number of hydrogen-bond acceptors (Lipinski definition) is 3. The molecule has 1 unspecified atom stereocenters. The lowest BCUT2D eigenvalue weighted by Crippen LogP contribution is -2.62. The standard InChI is InChI=1S/C15H16N2O4/c1-15-8-6-12(18)17(15)11-5-3-2-4-10(11)14(21)16(15)9-7-13(19)20/h2-5H,6-9H2,1H3,(H,19,20). The van der Waals surface area contributed by atoms with Gasteiger partial charge in [0, 0.05) is 13.0 Å². The summed E-state index contributed by atoms with van der Waals surface area (Å²) in [7, 11) is 0. The van der Waals surface area contributed by atoms with E-state index >= 15 is 0 Å². The third-order valence-electron chi connectivity index (χ3n) is 4.29. The van der Waals surface area contributed by atoms with Crippen molar-refractivity contribution in [1.29, 1.82) is 0 Å². The minimum absolute atomic E-state index is 0.0298. The molecule has 2 aliphatic heterocycles. The number of rotatable bonds is 3. The lowest BCUT2D eigenvalue weighted by atomic mass is 9.98. The van der Waals surface area contributed by atoms with Crippen LogP contribution in [0.25, 0.3) is 0 Å². The van der Waals surface area contributed by atoms with Crippen LogP contribution in [0.5, 0.6) is 0 Å². The molecule has 0 spiro atoms. The second-order valence-electron chi connectivity index (χ2n) is 5.56. The summed E-state index contributed by atoms with van der Waals surface area (Å²) in [5.41, 5.74) is 0.313. The molecule has 1 N–H and O–H groups in total. The smallest absolute Gasteiger partial charge is 0.305 e. The van der Waals surface area contributed by atoms with Crippen molar-refractivity contribution >= 4 is 23.5 Å². The van der Waals surface area contributed by atoms with Gasteiger partial charge in [0.05, 0.1) is 17.7 Å². The van der Waals surface area contributed by atoms with Gasteiger partial charge in [-0.2, -0.15) is 0 Å². The van der Waals surface area contributed by atoms with Crippen LogP contribution in [0.2, 0.25) is 0 Å². The molecule has 2 heterocycles. The lowest BCUT2D eigenvalue weighted by molar-refractivity contribution is -0.137. The molecular formula is C15H16N2O4. The van der Waals surface area contributed by atoms with Crippen LogP contribution >= 0.6 is 0 Å². The summed E-state index contributed by atoms with van der Waals surface area (Å²) in [6.07, 6.45) is 0.749. The highest BCUT2D eigenvalue weighted by molar-refractivity contribution is 6.10. The van der Waals surface area contributed by atoms with Crippen molar-refractivity contribution in [2.45, 2.75) is 31.8 Å². The number of carboxylic acid groups (broad SMARTS) is 1. The molecule has 0 aromatic heterocycles. The molecule has 1 atom stereocenters. The van der Waals surface area contributed by atoms with E-state index in [-0.39, 0.29) is 24.8 Å². The number of nitrogens with zero attached hydrogens (tertiary/aromatic N) is 2. The van der Waals surface area contributed by atoms with E-state index in [0.29, 0.717) is 24.1 Å². The Balaban J connectivity index is 2.09. The van der Waals surface area contributed by atoms with Gasteiger partial charge < -0.3 is 10.0 Å². The Morgan fingerprint density at radius 1 is 1.33 bits per heavy atom. The number of anilines is 1. The minimum atomic E-state index is -0.957. The van der Waals surface area contributed by atoms with Gasteiger partial charge in [-0.15, -0.1) is 0 Å². The number of carboxylic acids is 1. The van der Waals surface area contributed by atoms with Crippen molar-refractivity contribution in [3.05, 3.63) is 29.8 Å². The van der Waals surface area contributed by atoms with Gasteiger partial charge in [-0.3, -0.25) is 19.3 Å². The fourth-order valence-electron chi connectivity index (χ4n) is 3.25. The highest BCUT2D eigenvalue weighted by Crippen LogP contribution is 2.43. The second-order valence-corrected chi connectivity index (χ2v) is 5.56. The Morgan fingerprint density at radius 3 is 2.76 bits per heavy atom. The zero-order valence-electron chi connectivity index (χ0n) is 11.7. The van der Waals surface area contributed by atoms with Crippen molar-refractivity contribution in [1.82, 2.24) is 4.90 Å². The molecule has 6 heteroatoms. The van der Waals surface area contributed by atoms with Gasteiger partial charge in [0.2, 0.25) is 5.91 Å². The van der Waals surface area contributed by atoms with Crippen LogP contribution in [0.15, 0.2) is 24.3 Å². The Morgan fingerprint density at radius 2 is 2.05 bits per heavy atom. The average Bonchev–Trinajstić information content (AvgIpc) is 2.75. The van der Waals surface area contributed by atoms with Gasteiger partial charge in [0.25, 0.3) is 5.91 Å². The van der Waals surface area contributed by atoms with E-state index in [1.807, 2.05) is 6.92 Å². The summed E-state index contributed by atoms with van der Waals surface area (Å²) in [4.78, 5) is 38.9. The molecule has 1 saturated heterocycles. The monoisotopic (exact) mass is 288 g/mol. The Kier molecular flexibility index (Phi) is 2.97. The fourth-order valence-corrected chi connectivity index (χ4v) is 3.25. The quantitative estimate of drug-likeness (QED) is 0.913. The molecule has 1 fully saturated rings. The second kappa shape index (κ2) is 4.58. The predicted octanol–water partition coefficient (Wildman–Crippen LogP) is 1.46. The lowest BCUT2D eigenvalue weighted by Gasteiger charge is -2.48. The molecule has 0 aliphatic carbocycles. The fraction of sp³-hybridized carbons (Fsp3) is 0.400. The number of aliphatic carboxylic acids is 1. The molecule has 0 bridgehead atoms. The van der Waals surface area contributed by atoms with Crippen LogP contribution < -0.4 is 4.90 Å². The molecule has 1 aromatic carbocycles. The van der Waals surface area contributed by atoms with Crippen molar-refractivity contribution in [3.63, 3.8) is 0 Å². The third-order valence-corrected chi connectivity index (χ3v) is 4.29. The number of hydrogen-bond donors (Lipinski definition) is 1. The van der Waals surface area contributed by atoms with E-state index in [4.69, 9.17) is 5.11 Å². The first-order chi connectivity index (χ1) is 9.95. The number of fused-ring (bicyclic) bond motifs is 3. The average molecular weight is 288 g/mol. The van der Waals surface area contributed by atoms with Crippen LogP contribution in [-0.4, -0.2) is 40.0 Å². The number of carbonyl (C=O) groups excluding carboxylic acids is 2. The maximum Gasteiger partial charge on any atom is 0.305 e. The van der Waals surface area contributed by atoms with Gasteiger partial charge in [0.15, 0.2) is 0 Å². The van der Waals surface area contributed by atoms with Gasteiger partial charge in [0.1, 0.15) is 5.66 Å². The van der Waals surface area contributed by atoms with E-state index in [2.05, 4.69) is 0 Å².